The quantitative estimate of drug-likeness (QED) is 0.261. The van der Waals surface area contributed by atoms with E-state index in [9.17, 15) is 38.0 Å². The van der Waals surface area contributed by atoms with Crippen molar-refractivity contribution in [3.8, 4) is 0 Å². The number of fused-ring (bicyclic) bond motifs is 2. The highest BCUT2D eigenvalue weighted by molar-refractivity contribution is 5.98. The Balaban J connectivity index is 1.66. The number of carbonyl (C=O) groups is 7. The van der Waals surface area contributed by atoms with Gasteiger partial charge < -0.3 is 35.4 Å². The Morgan fingerprint density at radius 3 is 2.38 bits per heavy atom. The number of allylic oxidation sites excluding steroid dienone is 1. The van der Waals surface area contributed by atoms with Crippen LogP contribution in [0.2, 0.25) is 0 Å². The molecule has 3 fully saturated rings. The second-order valence-corrected chi connectivity index (χ2v) is 13.0. The maximum atomic E-state index is 14.2. The molecule has 50 heavy (non-hydrogen) atoms. The van der Waals surface area contributed by atoms with Gasteiger partial charge in [-0.1, -0.05) is 31.6 Å². The van der Waals surface area contributed by atoms with Gasteiger partial charge >= 0.3 is 5.97 Å². The highest BCUT2D eigenvalue weighted by atomic mass is 19.1. The summed E-state index contributed by atoms with van der Waals surface area (Å²) < 4.78 is 19.7. The van der Waals surface area contributed by atoms with Gasteiger partial charge in [-0.15, -0.1) is 0 Å². The molecule has 3 aliphatic heterocycles. The van der Waals surface area contributed by atoms with Crippen molar-refractivity contribution in [2.24, 2.45) is 0 Å². The molecule has 3 N–H and O–H groups in total. The molecule has 1 aromatic rings. The highest BCUT2D eigenvalue weighted by Crippen LogP contribution is 2.23. The van der Waals surface area contributed by atoms with Gasteiger partial charge in [0.15, 0.2) is 0 Å². The first-order valence-corrected chi connectivity index (χ1v) is 17.2. The maximum Gasteiger partial charge on any atom is 0.328 e. The molecule has 0 spiro atoms. The highest BCUT2D eigenvalue weighted by Gasteiger charge is 2.43. The first-order chi connectivity index (χ1) is 23.8. The van der Waals surface area contributed by atoms with Crippen molar-refractivity contribution >= 4 is 41.4 Å². The third-order valence-corrected chi connectivity index (χ3v) is 9.36. The number of hydrogen-bond acceptors (Lipinski definition) is 8. The number of unbranched alkanes of at least 4 members (excludes halogenated alkanes) is 1. The van der Waals surface area contributed by atoms with Crippen LogP contribution in [0.25, 0.3) is 0 Å². The Bertz CT molecular complexity index is 1500. The van der Waals surface area contributed by atoms with Crippen molar-refractivity contribution in [2.75, 3.05) is 26.7 Å². The number of rotatable bonds is 8. The molecule has 3 saturated heterocycles. The Labute approximate surface area is 291 Å². The summed E-state index contributed by atoms with van der Waals surface area (Å²) in [5.41, 5.74) is 0.408. The molecule has 14 nitrogen and oxygen atoms in total. The number of carbonyl (C=O) groups excluding carboxylic acids is 7. The van der Waals surface area contributed by atoms with E-state index >= 15 is 0 Å². The molecule has 6 amide bonds. The molecule has 0 aromatic heterocycles. The molecule has 4 rings (SSSR count). The number of halogens is 1. The molecule has 3 aliphatic rings. The van der Waals surface area contributed by atoms with Gasteiger partial charge in [0.2, 0.25) is 35.4 Å². The number of hydrogen-bond donors (Lipinski definition) is 3. The van der Waals surface area contributed by atoms with E-state index in [1.54, 1.807) is 12.1 Å². The molecular weight excluding hydrogens is 651 g/mol. The summed E-state index contributed by atoms with van der Waals surface area (Å²) in [6, 6.07) is -1.13. The standard InChI is InChI=1S/C35H47FN6O8/c1-5-6-7-15-29(43)38-25(19-23-11-8-12-24(36)18-23)31(45)39-26-20-50-35(49)28-14-10-17-42(28)32(46)21(2)37-30(44)22(3)40(4)34(48)27-13-9-16-41(27)33(26)47/h7-8,11-12,15,18,21-22,25-28H,5-6,9-10,13-14,16-17,19-20H2,1-4H3,(H,37,44)(H,38,43)(H,39,45)/b15-7+/t21-,22-,25-,26-,27-,28-/m0/s1. The van der Waals surface area contributed by atoms with Gasteiger partial charge in [0.1, 0.15) is 48.7 Å². The van der Waals surface area contributed by atoms with Crippen LogP contribution in [-0.2, 0) is 44.7 Å². The molecule has 272 valence electrons. The second kappa shape index (κ2) is 17.2. The second-order valence-electron chi connectivity index (χ2n) is 13.0. The van der Waals surface area contributed by atoms with E-state index in [1.165, 1.54) is 59.9 Å². The van der Waals surface area contributed by atoms with Crippen LogP contribution >= 0.6 is 0 Å². The average molecular weight is 699 g/mol. The minimum Gasteiger partial charge on any atom is -0.461 e. The van der Waals surface area contributed by atoms with E-state index in [-0.39, 0.29) is 25.9 Å². The predicted octanol–water partition coefficient (Wildman–Crippen LogP) is 0.585. The van der Waals surface area contributed by atoms with E-state index in [2.05, 4.69) is 16.0 Å². The van der Waals surface area contributed by atoms with Gasteiger partial charge in [-0.05, 0) is 69.7 Å². The Hall–Kier alpha value is -4.82. The van der Waals surface area contributed by atoms with Crippen LogP contribution in [0.15, 0.2) is 36.4 Å². The first-order valence-electron chi connectivity index (χ1n) is 17.2. The van der Waals surface area contributed by atoms with Gasteiger partial charge in [0.25, 0.3) is 0 Å². The molecule has 15 heteroatoms. The number of amides is 6. The summed E-state index contributed by atoms with van der Waals surface area (Å²) in [4.78, 5) is 98.2. The van der Waals surface area contributed by atoms with E-state index in [0.29, 0.717) is 31.2 Å². The summed E-state index contributed by atoms with van der Waals surface area (Å²) >= 11 is 0. The molecule has 0 radical (unpaired) electrons. The van der Waals surface area contributed by atoms with Crippen molar-refractivity contribution < 1.29 is 42.7 Å². The SMILES string of the molecule is CCC/C=C/C(=O)N[C@@H](Cc1cccc(F)c1)C(=O)N[C@H]1COC(=O)[C@@H]2CCCN2C(=O)[C@H](C)NC(=O)[C@H](C)N(C)C(=O)[C@@H]2CCCN2C1=O. The van der Waals surface area contributed by atoms with Crippen molar-refractivity contribution in [1.82, 2.24) is 30.7 Å². The molecule has 1 aromatic carbocycles. The lowest BCUT2D eigenvalue weighted by Crippen LogP contribution is -2.60. The van der Waals surface area contributed by atoms with Crippen LogP contribution in [0.5, 0.6) is 0 Å². The first kappa shape index (κ1) is 38.0. The molecule has 0 aliphatic carbocycles. The number of nitrogens with one attached hydrogen (secondary N) is 3. The lowest BCUT2D eigenvalue weighted by atomic mass is 10.0. The number of likely N-dealkylation sites (N-methyl/N-ethyl adjacent to an activating group) is 1. The number of cyclic esters (lactones) is 1. The summed E-state index contributed by atoms with van der Waals surface area (Å²) in [5.74, 6) is -5.00. The number of benzene rings is 1. The summed E-state index contributed by atoms with van der Waals surface area (Å²) in [6.45, 7) is 4.75. The largest absolute Gasteiger partial charge is 0.461 e. The fourth-order valence-electron chi connectivity index (χ4n) is 6.40. The monoisotopic (exact) mass is 698 g/mol. The Kier molecular flexibility index (Phi) is 13.1. The van der Waals surface area contributed by atoms with Gasteiger partial charge in [-0.25, -0.2) is 9.18 Å². The number of ether oxygens (including phenoxy) is 1. The third kappa shape index (κ3) is 9.24. The van der Waals surface area contributed by atoms with Crippen molar-refractivity contribution in [3.05, 3.63) is 47.8 Å². The van der Waals surface area contributed by atoms with Gasteiger partial charge in [0.05, 0.1) is 0 Å². The molecule has 6 atom stereocenters. The molecule has 0 bridgehead atoms. The van der Waals surface area contributed by atoms with Crippen molar-refractivity contribution in [3.63, 3.8) is 0 Å². The molecule has 3 heterocycles. The van der Waals surface area contributed by atoms with Crippen LogP contribution in [0.3, 0.4) is 0 Å². The minimum absolute atomic E-state index is 0.120. The van der Waals surface area contributed by atoms with Crippen molar-refractivity contribution in [1.29, 1.82) is 0 Å². The fourth-order valence-corrected chi connectivity index (χ4v) is 6.40. The Morgan fingerprint density at radius 2 is 1.70 bits per heavy atom. The minimum atomic E-state index is -1.48. The molecule has 0 saturated carbocycles. The van der Waals surface area contributed by atoms with Crippen LogP contribution in [0.4, 0.5) is 4.39 Å². The number of esters is 1. The lowest BCUT2D eigenvalue weighted by molar-refractivity contribution is -0.158. The smallest absolute Gasteiger partial charge is 0.328 e. The average Bonchev–Trinajstić information content (AvgIpc) is 3.78. The Morgan fingerprint density at radius 1 is 1.02 bits per heavy atom. The normalized spacial score (nSPS) is 26.0. The van der Waals surface area contributed by atoms with Gasteiger partial charge in [-0.2, -0.15) is 0 Å². The van der Waals surface area contributed by atoms with Gasteiger partial charge in [-0.3, -0.25) is 28.8 Å². The zero-order valence-electron chi connectivity index (χ0n) is 29.0. The van der Waals surface area contributed by atoms with Gasteiger partial charge in [0, 0.05) is 26.6 Å². The van der Waals surface area contributed by atoms with Crippen molar-refractivity contribution in [2.45, 2.75) is 102 Å². The van der Waals surface area contributed by atoms with Crippen LogP contribution < -0.4 is 16.0 Å². The van der Waals surface area contributed by atoms with Crippen LogP contribution in [0.1, 0.15) is 64.9 Å². The summed E-state index contributed by atoms with van der Waals surface area (Å²) in [7, 11) is 1.44. The predicted molar refractivity (Wildman–Crippen MR) is 178 cm³/mol. The molecule has 0 unspecified atom stereocenters. The summed E-state index contributed by atoms with van der Waals surface area (Å²) in [5, 5.41) is 7.88. The maximum absolute atomic E-state index is 14.2. The topological polar surface area (TPSA) is 175 Å². The summed E-state index contributed by atoms with van der Waals surface area (Å²) in [6.07, 6.45) is 5.81. The fraction of sp³-hybridized carbons (Fsp3) is 0.571. The molecular formula is C35H47FN6O8. The van der Waals surface area contributed by atoms with E-state index in [1.807, 2.05) is 6.92 Å². The van der Waals surface area contributed by atoms with E-state index in [4.69, 9.17) is 4.74 Å². The lowest BCUT2D eigenvalue weighted by Gasteiger charge is -2.34. The van der Waals surface area contributed by atoms with E-state index < -0.39 is 90.1 Å². The van der Waals surface area contributed by atoms with Crippen LogP contribution in [0, 0.1) is 5.82 Å². The zero-order valence-corrected chi connectivity index (χ0v) is 29.0. The zero-order chi connectivity index (χ0) is 36.5. The third-order valence-electron chi connectivity index (χ3n) is 9.36. The van der Waals surface area contributed by atoms with Crippen LogP contribution in [-0.4, -0.2) is 119 Å². The number of nitrogens with zero attached hydrogens (tertiary/aromatic N) is 3. The van der Waals surface area contributed by atoms with E-state index in [0.717, 1.165) is 6.42 Å².